The number of ether oxygens (including phenoxy) is 2. The lowest BCUT2D eigenvalue weighted by Crippen LogP contribution is -2.06. The molecule has 4 heteroatoms. The highest BCUT2D eigenvalue weighted by molar-refractivity contribution is 5.91. The minimum absolute atomic E-state index is 0.176. The summed E-state index contributed by atoms with van der Waals surface area (Å²) in [6, 6.07) is 5.00. The molecule has 0 aliphatic carbocycles. The maximum Gasteiger partial charge on any atom is 0.339 e. The average molecular weight is 264 g/mol. The Kier molecular flexibility index (Phi) is 5.07. The summed E-state index contributed by atoms with van der Waals surface area (Å²) in [7, 11) is 0. The second kappa shape index (κ2) is 7.02. The molecule has 19 heavy (non-hydrogen) atoms. The number of hydrogen-bond acceptors (Lipinski definition) is 3. The number of carboxylic acids is 1. The maximum absolute atomic E-state index is 11.2. The molecule has 0 saturated heterocycles. The van der Waals surface area contributed by atoms with Crippen LogP contribution in [0.2, 0.25) is 0 Å². The smallest absolute Gasteiger partial charge is 0.339 e. The topological polar surface area (TPSA) is 55.8 Å². The van der Waals surface area contributed by atoms with Crippen molar-refractivity contribution in [3.05, 3.63) is 23.8 Å². The van der Waals surface area contributed by atoms with Gasteiger partial charge in [-0.1, -0.05) is 25.7 Å². The second-order valence-corrected chi connectivity index (χ2v) is 4.78. The number of rotatable bonds is 1. The minimum Gasteiger partial charge on any atom is -0.494 e. The van der Waals surface area contributed by atoms with Gasteiger partial charge in [0.2, 0.25) is 0 Å². The molecule has 4 nitrogen and oxygen atoms in total. The van der Waals surface area contributed by atoms with Gasteiger partial charge in [0.05, 0.1) is 13.2 Å². The van der Waals surface area contributed by atoms with Crippen LogP contribution in [0.15, 0.2) is 18.2 Å². The average Bonchev–Trinajstić information content (AvgIpc) is 2.41. The highest BCUT2D eigenvalue weighted by Gasteiger charge is 2.13. The van der Waals surface area contributed by atoms with E-state index in [2.05, 4.69) is 0 Å². The zero-order chi connectivity index (χ0) is 13.5. The summed E-state index contributed by atoms with van der Waals surface area (Å²) < 4.78 is 11.1. The van der Waals surface area contributed by atoms with Gasteiger partial charge in [-0.2, -0.15) is 0 Å². The first-order valence-electron chi connectivity index (χ1n) is 6.90. The first kappa shape index (κ1) is 13.7. The number of benzene rings is 1. The Morgan fingerprint density at radius 3 is 2.26 bits per heavy atom. The largest absolute Gasteiger partial charge is 0.494 e. The highest BCUT2D eigenvalue weighted by Crippen LogP contribution is 2.25. The first-order valence-corrected chi connectivity index (χ1v) is 6.90. The third-order valence-electron chi connectivity index (χ3n) is 3.25. The molecule has 0 amide bonds. The van der Waals surface area contributed by atoms with Crippen molar-refractivity contribution in [3.8, 4) is 11.5 Å². The van der Waals surface area contributed by atoms with Gasteiger partial charge < -0.3 is 14.6 Å². The van der Waals surface area contributed by atoms with Crippen LogP contribution >= 0.6 is 0 Å². The zero-order valence-corrected chi connectivity index (χ0v) is 11.1. The molecule has 0 fully saturated rings. The molecule has 1 aromatic rings. The fraction of sp³-hybridized carbons (Fsp3) is 0.533. The number of fused-ring (bicyclic) bond motifs is 11. The number of carbonyl (C=O) groups is 1. The van der Waals surface area contributed by atoms with Crippen molar-refractivity contribution in [1.29, 1.82) is 0 Å². The Morgan fingerprint density at radius 1 is 0.947 bits per heavy atom. The van der Waals surface area contributed by atoms with Gasteiger partial charge in [-0.3, -0.25) is 0 Å². The highest BCUT2D eigenvalue weighted by atomic mass is 16.5. The number of aromatic carboxylic acids is 1. The van der Waals surface area contributed by atoms with E-state index in [9.17, 15) is 9.90 Å². The fourth-order valence-electron chi connectivity index (χ4n) is 2.18. The van der Waals surface area contributed by atoms with E-state index in [1.807, 2.05) is 0 Å². The maximum atomic E-state index is 11.2. The van der Waals surface area contributed by atoms with Gasteiger partial charge in [0.25, 0.3) is 0 Å². The predicted octanol–water partition coefficient (Wildman–Crippen LogP) is 3.50. The minimum atomic E-state index is -0.979. The van der Waals surface area contributed by atoms with Crippen molar-refractivity contribution in [2.75, 3.05) is 13.2 Å². The van der Waals surface area contributed by atoms with Crippen molar-refractivity contribution in [1.82, 2.24) is 0 Å². The molecule has 2 heterocycles. The monoisotopic (exact) mass is 264 g/mol. The summed E-state index contributed by atoms with van der Waals surface area (Å²) in [5.74, 6) is 0.0475. The predicted molar refractivity (Wildman–Crippen MR) is 72.1 cm³/mol. The van der Waals surface area contributed by atoms with E-state index in [0.717, 1.165) is 25.7 Å². The third-order valence-corrected chi connectivity index (χ3v) is 3.25. The lowest BCUT2D eigenvalue weighted by atomic mass is 10.1. The van der Waals surface area contributed by atoms with Crippen LogP contribution in [0.1, 0.15) is 48.9 Å². The Bertz CT molecular complexity index is 428. The third kappa shape index (κ3) is 4.16. The van der Waals surface area contributed by atoms with Crippen molar-refractivity contribution >= 4 is 5.97 Å². The molecule has 2 bridgehead atoms. The van der Waals surface area contributed by atoms with E-state index < -0.39 is 5.97 Å². The summed E-state index contributed by atoms with van der Waals surface area (Å²) in [4.78, 5) is 11.2. The Morgan fingerprint density at radius 2 is 1.58 bits per heavy atom. The SMILES string of the molecule is O=C(O)c1cc2ccc1OCCCCCCCCO2. The standard InChI is InChI=1S/C15H20O4/c16-15(17)13-11-12-7-8-14(13)19-10-6-4-2-1-3-5-9-18-12/h7-8,11H,1-6,9-10H2,(H,16,17). The number of carboxylic acid groups (broad SMARTS) is 1. The summed E-state index contributed by atoms with van der Waals surface area (Å²) >= 11 is 0. The summed E-state index contributed by atoms with van der Waals surface area (Å²) in [5.41, 5.74) is 0.176. The molecule has 3 rings (SSSR count). The molecule has 0 atom stereocenters. The van der Waals surface area contributed by atoms with Crippen LogP contribution in [0.5, 0.6) is 11.5 Å². The molecule has 0 aromatic heterocycles. The molecule has 104 valence electrons. The van der Waals surface area contributed by atoms with E-state index in [4.69, 9.17) is 9.47 Å². The van der Waals surface area contributed by atoms with Gasteiger partial charge in [-0.05, 0) is 31.0 Å². The summed E-state index contributed by atoms with van der Waals surface area (Å²) in [6.07, 6.45) is 6.69. The van der Waals surface area contributed by atoms with E-state index in [1.54, 1.807) is 18.2 Å². The van der Waals surface area contributed by atoms with E-state index in [0.29, 0.717) is 24.7 Å². The van der Waals surface area contributed by atoms with Crippen LogP contribution in [-0.2, 0) is 0 Å². The molecule has 0 unspecified atom stereocenters. The first-order chi connectivity index (χ1) is 9.27. The molecule has 0 saturated carbocycles. The van der Waals surface area contributed by atoms with Crippen molar-refractivity contribution < 1.29 is 19.4 Å². The molecular formula is C15H20O4. The van der Waals surface area contributed by atoms with Gasteiger partial charge in [-0.25, -0.2) is 4.79 Å². The zero-order valence-electron chi connectivity index (χ0n) is 11.1. The van der Waals surface area contributed by atoms with Gasteiger partial charge in [-0.15, -0.1) is 0 Å². The van der Waals surface area contributed by atoms with Gasteiger partial charge >= 0.3 is 5.97 Å². The molecule has 0 spiro atoms. The van der Waals surface area contributed by atoms with Crippen LogP contribution < -0.4 is 9.47 Å². The Hall–Kier alpha value is -1.71. The Balaban J connectivity index is 2.15. The lowest BCUT2D eigenvalue weighted by Gasteiger charge is -2.13. The van der Waals surface area contributed by atoms with E-state index in [-0.39, 0.29) is 5.56 Å². The van der Waals surface area contributed by atoms with Crippen LogP contribution in [-0.4, -0.2) is 24.3 Å². The molecule has 2 aliphatic heterocycles. The van der Waals surface area contributed by atoms with Crippen molar-refractivity contribution in [2.45, 2.75) is 38.5 Å². The molecule has 1 N–H and O–H groups in total. The van der Waals surface area contributed by atoms with Gasteiger partial charge in [0.1, 0.15) is 17.1 Å². The molecule has 0 radical (unpaired) electrons. The van der Waals surface area contributed by atoms with Crippen LogP contribution in [0.25, 0.3) is 0 Å². The van der Waals surface area contributed by atoms with Crippen LogP contribution in [0, 0.1) is 0 Å². The molecule has 2 aliphatic rings. The second-order valence-electron chi connectivity index (χ2n) is 4.78. The van der Waals surface area contributed by atoms with Crippen LogP contribution in [0.4, 0.5) is 0 Å². The van der Waals surface area contributed by atoms with Crippen molar-refractivity contribution in [3.63, 3.8) is 0 Å². The van der Waals surface area contributed by atoms with Crippen molar-refractivity contribution in [2.24, 2.45) is 0 Å². The molecular weight excluding hydrogens is 244 g/mol. The van der Waals surface area contributed by atoms with E-state index in [1.165, 1.54) is 12.8 Å². The van der Waals surface area contributed by atoms with E-state index >= 15 is 0 Å². The number of hydrogen-bond donors (Lipinski definition) is 1. The van der Waals surface area contributed by atoms with Gasteiger partial charge in [0, 0.05) is 0 Å². The van der Waals surface area contributed by atoms with Crippen LogP contribution in [0.3, 0.4) is 0 Å². The Labute approximate surface area is 113 Å². The summed E-state index contributed by atoms with van der Waals surface area (Å²) in [5, 5.41) is 9.19. The summed E-state index contributed by atoms with van der Waals surface area (Å²) in [6.45, 7) is 1.21. The van der Waals surface area contributed by atoms with Gasteiger partial charge in [0.15, 0.2) is 0 Å². The quantitative estimate of drug-likeness (QED) is 0.843. The normalized spacial score (nSPS) is 17.1. The molecule has 1 aromatic carbocycles. The lowest BCUT2D eigenvalue weighted by molar-refractivity contribution is 0.0691. The fourth-order valence-corrected chi connectivity index (χ4v) is 2.18.